The van der Waals surface area contributed by atoms with Crippen molar-refractivity contribution in [1.29, 1.82) is 0 Å². The first-order valence-electron chi connectivity index (χ1n) is 10.0. The van der Waals surface area contributed by atoms with E-state index >= 15 is 0 Å². The fraction of sp³-hybridized carbons (Fsp3) is 0.227. The van der Waals surface area contributed by atoms with Crippen molar-refractivity contribution in [3.63, 3.8) is 0 Å². The standard InChI is InChI=1S/C22H17Cl2FN4O3S/c1-2-15(30)28-5-6-29-10(8-28)9-32-19-12(21(29)31)7-13(23)16(17(19)24)11-3-4-14(25)20-18(11)27-22(26)33-20/h2-4,7,10H,1,5-6,8-9H2,(H2,26,27). The largest absolute Gasteiger partial charge is 0.489 e. The van der Waals surface area contributed by atoms with Gasteiger partial charge in [-0.2, -0.15) is 0 Å². The zero-order valence-corrected chi connectivity index (χ0v) is 19.4. The van der Waals surface area contributed by atoms with E-state index in [4.69, 9.17) is 33.7 Å². The number of carbonyl (C=O) groups excluding carboxylic acids is 2. The lowest BCUT2D eigenvalue weighted by atomic mass is 10.0. The molecule has 170 valence electrons. The average Bonchev–Trinajstić information content (AvgIpc) is 3.14. The molecular formula is C22H17Cl2FN4O3S. The summed E-state index contributed by atoms with van der Waals surface area (Å²) < 4.78 is 20.6. The molecule has 2 aliphatic rings. The van der Waals surface area contributed by atoms with E-state index in [2.05, 4.69) is 11.6 Å². The molecule has 0 aliphatic carbocycles. The van der Waals surface area contributed by atoms with Gasteiger partial charge in [0.25, 0.3) is 5.91 Å². The summed E-state index contributed by atoms with van der Waals surface area (Å²) in [6.07, 6.45) is 1.25. The summed E-state index contributed by atoms with van der Waals surface area (Å²) >= 11 is 14.4. The van der Waals surface area contributed by atoms with Crippen LogP contribution in [0.25, 0.3) is 21.3 Å². The molecule has 3 heterocycles. The predicted molar refractivity (Wildman–Crippen MR) is 127 cm³/mol. The number of amides is 2. The van der Waals surface area contributed by atoms with E-state index < -0.39 is 5.82 Å². The van der Waals surface area contributed by atoms with E-state index in [9.17, 15) is 14.0 Å². The molecule has 1 atom stereocenters. The molecule has 1 saturated heterocycles. The van der Waals surface area contributed by atoms with Gasteiger partial charge in [-0.3, -0.25) is 9.59 Å². The second-order valence-corrected chi connectivity index (χ2v) is 9.52. The van der Waals surface area contributed by atoms with E-state index in [1.54, 1.807) is 9.80 Å². The van der Waals surface area contributed by atoms with E-state index in [-0.39, 0.29) is 55.7 Å². The lowest BCUT2D eigenvalue weighted by molar-refractivity contribution is -0.128. The number of nitrogen functional groups attached to an aromatic ring is 1. The van der Waals surface area contributed by atoms with Crippen molar-refractivity contribution in [1.82, 2.24) is 14.8 Å². The highest BCUT2D eigenvalue weighted by atomic mass is 35.5. The number of carbonyl (C=O) groups is 2. The number of halogens is 3. The molecule has 33 heavy (non-hydrogen) atoms. The number of ether oxygens (including phenoxy) is 1. The van der Waals surface area contributed by atoms with Gasteiger partial charge in [0, 0.05) is 30.8 Å². The van der Waals surface area contributed by atoms with Crippen LogP contribution in [0.3, 0.4) is 0 Å². The Morgan fingerprint density at radius 3 is 2.88 bits per heavy atom. The molecule has 2 N–H and O–H groups in total. The first kappa shape index (κ1) is 21.9. The van der Waals surface area contributed by atoms with E-state index in [1.807, 2.05) is 0 Å². The van der Waals surface area contributed by atoms with E-state index in [0.29, 0.717) is 36.3 Å². The summed E-state index contributed by atoms with van der Waals surface area (Å²) in [6.45, 7) is 4.72. The summed E-state index contributed by atoms with van der Waals surface area (Å²) in [4.78, 5) is 32.9. The highest BCUT2D eigenvalue weighted by Crippen LogP contribution is 2.47. The van der Waals surface area contributed by atoms with Crippen LogP contribution >= 0.6 is 34.5 Å². The monoisotopic (exact) mass is 506 g/mol. The van der Waals surface area contributed by atoms with Crippen molar-refractivity contribution >= 4 is 61.7 Å². The summed E-state index contributed by atoms with van der Waals surface area (Å²) in [5.41, 5.74) is 7.23. The van der Waals surface area contributed by atoms with Gasteiger partial charge in [-0.25, -0.2) is 9.37 Å². The molecule has 0 radical (unpaired) electrons. The van der Waals surface area contributed by atoms with Gasteiger partial charge >= 0.3 is 0 Å². The highest BCUT2D eigenvalue weighted by molar-refractivity contribution is 7.22. The normalized spacial score (nSPS) is 17.9. The number of nitrogens with two attached hydrogens (primary N) is 1. The molecule has 1 unspecified atom stereocenters. The van der Waals surface area contributed by atoms with Crippen molar-refractivity contribution in [2.75, 3.05) is 32.0 Å². The first-order valence-corrected chi connectivity index (χ1v) is 11.6. The van der Waals surface area contributed by atoms with E-state index in [1.165, 1.54) is 24.3 Å². The Kier molecular flexibility index (Phi) is 5.43. The Bertz CT molecular complexity index is 1350. The van der Waals surface area contributed by atoms with Crippen LogP contribution in [0.15, 0.2) is 30.9 Å². The lowest BCUT2D eigenvalue weighted by Gasteiger charge is -2.39. The topological polar surface area (TPSA) is 88.8 Å². The number of thiazole rings is 1. The maximum absolute atomic E-state index is 14.3. The Labute approximate surface area is 202 Å². The molecule has 7 nitrogen and oxygen atoms in total. The summed E-state index contributed by atoms with van der Waals surface area (Å²) in [5, 5.41) is 0.540. The van der Waals surface area contributed by atoms with Gasteiger partial charge in [-0.15, -0.1) is 0 Å². The van der Waals surface area contributed by atoms with Crippen LogP contribution in [-0.4, -0.2) is 58.9 Å². The average molecular weight is 507 g/mol. The molecule has 2 amide bonds. The number of piperazine rings is 1. The molecule has 2 aromatic carbocycles. The van der Waals surface area contributed by atoms with Gasteiger partial charge in [-0.05, 0) is 24.3 Å². The van der Waals surface area contributed by atoms with Crippen molar-refractivity contribution in [2.45, 2.75) is 6.04 Å². The maximum Gasteiger partial charge on any atom is 0.258 e. The molecular weight excluding hydrogens is 490 g/mol. The molecule has 3 aromatic rings. The van der Waals surface area contributed by atoms with Crippen LogP contribution in [0, 0.1) is 5.82 Å². The van der Waals surface area contributed by atoms with Crippen molar-refractivity contribution in [2.24, 2.45) is 0 Å². The third kappa shape index (κ3) is 3.51. The Hall–Kier alpha value is -2.88. The number of hydrogen-bond donors (Lipinski definition) is 1. The van der Waals surface area contributed by atoms with Crippen LogP contribution in [0.1, 0.15) is 10.4 Å². The highest BCUT2D eigenvalue weighted by Gasteiger charge is 2.38. The number of fused-ring (bicyclic) bond motifs is 3. The molecule has 0 spiro atoms. The van der Waals surface area contributed by atoms with Gasteiger partial charge in [0.2, 0.25) is 5.91 Å². The number of nitrogens with zero attached hydrogens (tertiary/aromatic N) is 3. The van der Waals surface area contributed by atoms with Crippen molar-refractivity contribution < 1.29 is 18.7 Å². The number of hydrogen-bond acceptors (Lipinski definition) is 6. The minimum atomic E-state index is -0.452. The van der Waals surface area contributed by atoms with Gasteiger partial charge in [0.1, 0.15) is 12.4 Å². The van der Waals surface area contributed by atoms with Gasteiger partial charge in [0.05, 0.1) is 31.9 Å². The van der Waals surface area contributed by atoms with Gasteiger partial charge < -0.3 is 20.3 Å². The fourth-order valence-corrected chi connectivity index (χ4v) is 5.75. The number of rotatable bonds is 2. The summed E-state index contributed by atoms with van der Waals surface area (Å²) in [6, 6.07) is 3.98. The smallest absolute Gasteiger partial charge is 0.258 e. The Balaban J connectivity index is 1.60. The zero-order chi connectivity index (χ0) is 23.4. The first-order chi connectivity index (χ1) is 15.8. The Morgan fingerprint density at radius 2 is 2.12 bits per heavy atom. The second-order valence-electron chi connectivity index (χ2n) is 7.70. The summed E-state index contributed by atoms with van der Waals surface area (Å²) in [5.74, 6) is -0.740. The number of benzene rings is 2. The fourth-order valence-electron chi connectivity index (χ4n) is 4.27. The second kappa shape index (κ2) is 8.16. The third-order valence-corrected chi connectivity index (χ3v) is 7.39. The molecule has 0 saturated carbocycles. The molecule has 1 aromatic heterocycles. The molecule has 0 bridgehead atoms. The van der Waals surface area contributed by atoms with Crippen LogP contribution in [0.5, 0.6) is 5.75 Å². The minimum Gasteiger partial charge on any atom is -0.489 e. The predicted octanol–water partition coefficient (Wildman–Crippen LogP) is 4.22. The summed E-state index contributed by atoms with van der Waals surface area (Å²) in [7, 11) is 0. The third-order valence-electron chi connectivity index (χ3n) is 5.84. The van der Waals surface area contributed by atoms with E-state index in [0.717, 1.165) is 11.3 Å². The Morgan fingerprint density at radius 1 is 1.33 bits per heavy atom. The van der Waals surface area contributed by atoms with Crippen LogP contribution in [0.2, 0.25) is 10.0 Å². The van der Waals surface area contributed by atoms with Crippen molar-refractivity contribution in [3.8, 4) is 16.9 Å². The SMILES string of the molecule is C=CC(=O)N1CCN2C(=O)c3cc(Cl)c(-c4ccc(F)c5sc(N)nc45)c(Cl)c3OCC2C1. The minimum absolute atomic E-state index is 0.129. The molecule has 2 aliphatic heterocycles. The lowest BCUT2D eigenvalue weighted by Crippen LogP contribution is -2.57. The molecule has 1 fully saturated rings. The van der Waals surface area contributed by atoms with Gasteiger partial charge in [-0.1, -0.05) is 41.1 Å². The van der Waals surface area contributed by atoms with Crippen LogP contribution in [0.4, 0.5) is 9.52 Å². The van der Waals surface area contributed by atoms with Crippen molar-refractivity contribution in [3.05, 3.63) is 52.3 Å². The quantitative estimate of drug-likeness (QED) is 0.525. The molecule has 5 rings (SSSR count). The van der Waals surface area contributed by atoms with Crippen LogP contribution in [-0.2, 0) is 4.79 Å². The van der Waals surface area contributed by atoms with Crippen LogP contribution < -0.4 is 10.5 Å². The number of anilines is 1. The molecule has 11 heteroatoms. The number of aromatic nitrogens is 1. The van der Waals surface area contributed by atoms with Gasteiger partial charge in [0.15, 0.2) is 10.9 Å². The zero-order valence-electron chi connectivity index (χ0n) is 17.1. The maximum atomic E-state index is 14.3.